The van der Waals surface area contributed by atoms with Crippen molar-refractivity contribution < 1.29 is 9.66 Å². The van der Waals surface area contributed by atoms with E-state index in [1.807, 2.05) is 6.92 Å². The van der Waals surface area contributed by atoms with Crippen LogP contribution in [-0.2, 0) is 0 Å². The van der Waals surface area contributed by atoms with Crippen LogP contribution in [0.15, 0.2) is 18.2 Å². The molecule has 1 spiro atoms. The van der Waals surface area contributed by atoms with Gasteiger partial charge < -0.3 is 10.5 Å². The molecule has 5 heteroatoms. The normalized spacial score (nSPS) is 27.3. The van der Waals surface area contributed by atoms with Crippen molar-refractivity contribution >= 4 is 5.69 Å². The Kier molecular flexibility index (Phi) is 3.17. The van der Waals surface area contributed by atoms with Gasteiger partial charge in [0.15, 0.2) is 0 Å². The lowest BCUT2D eigenvalue weighted by Gasteiger charge is -2.52. The van der Waals surface area contributed by atoms with Gasteiger partial charge >= 0.3 is 0 Å². The number of benzene rings is 1. The molecule has 20 heavy (non-hydrogen) atoms. The predicted molar refractivity (Wildman–Crippen MR) is 75.7 cm³/mol. The zero-order chi connectivity index (χ0) is 14.3. The topological polar surface area (TPSA) is 78.4 Å². The monoisotopic (exact) mass is 276 g/mol. The molecule has 1 aromatic carbocycles. The molecule has 0 heterocycles. The molecule has 0 aliphatic heterocycles. The number of nitro groups is 1. The van der Waals surface area contributed by atoms with Gasteiger partial charge in [0.05, 0.1) is 11.0 Å². The number of nitro benzene ring substituents is 1. The molecule has 0 amide bonds. The summed E-state index contributed by atoms with van der Waals surface area (Å²) in [5, 5.41) is 10.9. The Morgan fingerprint density at radius 3 is 2.70 bits per heavy atom. The first-order chi connectivity index (χ1) is 9.53. The molecular formula is C15H20N2O3. The van der Waals surface area contributed by atoms with Gasteiger partial charge in [-0.3, -0.25) is 10.1 Å². The predicted octanol–water partition coefficient (Wildman–Crippen LogP) is 2.94. The lowest BCUT2D eigenvalue weighted by Crippen LogP contribution is -2.62. The Bertz CT molecular complexity index is 538. The van der Waals surface area contributed by atoms with Crippen molar-refractivity contribution in [3.8, 4) is 5.75 Å². The van der Waals surface area contributed by atoms with Crippen molar-refractivity contribution in [1.29, 1.82) is 0 Å². The highest BCUT2D eigenvalue weighted by Gasteiger charge is 2.56. The minimum Gasteiger partial charge on any atom is -0.489 e. The Labute approximate surface area is 118 Å². The average molecular weight is 276 g/mol. The summed E-state index contributed by atoms with van der Waals surface area (Å²) in [6, 6.07) is 5.00. The van der Waals surface area contributed by atoms with Gasteiger partial charge in [-0.15, -0.1) is 0 Å². The van der Waals surface area contributed by atoms with Crippen LogP contribution in [0.2, 0.25) is 0 Å². The zero-order valence-electron chi connectivity index (χ0n) is 11.7. The van der Waals surface area contributed by atoms with Crippen LogP contribution < -0.4 is 10.5 Å². The number of nitrogens with two attached hydrogens (primary N) is 1. The van der Waals surface area contributed by atoms with Crippen molar-refractivity contribution in [1.82, 2.24) is 0 Å². The van der Waals surface area contributed by atoms with Crippen LogP contribution in [0, 0.1) is 22.5 Å². The lowest BCUT2D eigenvalue weighted by molar-refractivity contribution is -0.385. The number of hydrogen-bond acceptors (Lipinski definition) is 4. The van der Waals surface area contributed by atoms with E-state index in [2.05, 4.69) is 0 Å². The Morgan fingerprint density at radius 2 is 2.10 bits per heavy atom. The highest BCUT2D eigenvalue weighted by molar-refractivity contribution is 5.44. The molecule has 2 aliphatic carbocycles. The maximum absolute atomic E-state index is 10.9. The van der Waals surface area contributed by atoms with Gasteiger partial charge in [-0.05, 0) is 31.4 Å². The average Bonchev–Trinajstić information content (AvgIpc) is 2.92. The van der Waals surface area contributed by atoms with Crippen molar-refractivity contribution in [3.05, 3.63) is 33.9 Å². The van der Waals surface area contributed by atoms with Gasteiger partial charge in [0, 0.05) is 23.9 Å². The van der Waals surface area contributed by atoms with Crippen LogP contribution in [0.25, 0.3) is 0 Å². The summed E-state index contributed by atoms with van der Waals surface area (Å²) in [5.74, 6) is 0.627. The van der Waals surface area contributed by atoms with E-state index in [4.69, 9.17) is 10.5 Å². The van der Waals surface area contributed by atoms with Gasteiger partial charge in [-0.1, -0.05) is 12.8 Å². The van der Waals surface area contributed by atoms with Gasteiger partial charge in [0.2, 0.25) is 0 Å². The fourth-order valence-corrected chi connectivity index (χ4v) is 3.65. The fourth-order valence-electron chi connectivity index (χ4n) is 3.65. The van der Waals surface area contributed by atoms with Crippen LogP contribution in [-0.4, -0.2) is 17.1 Å². The van der Waals surface area contributed by atoms with Crippen LogP contribution in [0.1, 0.15) is 37.7 Å². The van der Waals surface area contributed by atoms with E-state index in [9.17, 15) is 10.1 Å². The molecule has 2 saturated carbocycles. The molecule has 2 unspecified atom stereocenters. The molecule has 0 aromatic heterocycles. The standard InChI is InChI=1S/C15H20N2O3/c1-10-4-5-11(17(18)19)8-12(10)20-14-9-13(16)15(14)6-2-3-7-15/h4-5,8,13-14H,2-3,6-7,9,16H2,1H3. The molecule has 2 aliphatic rings. The third-order valence-corrected chi connectivity index (χ3v) is 5.03. The lowest BCUT2D eigenvalue weighted by atomic mass is 9.61. The minimum absolute atomic E-state index is 0.0784. The SMILES string of the molecule is Cc1ccc([N+](=O)[O-])cc1OC1CC(N)C12CCCC2. The highest BCUT2D eigenvalue weighted by Crippen LogP contribution is 2.54. The molecule has 108 valence electrons. The van der Waals surface area contributed by atoms with Crippen LogP contribution >= 0.6 is 0 Å². The molecule has 2 atom stereocenters. The highest BCUT2D eigenvalue weighted by atomic mass is 16.6. The Hall–Kier alpha value is -1.62. The largest absolute Gasteiger partial charge is 0.489 e. The van der Waals surface area contributed by atoms with E-state index < -0.39 is 0 Å². The van der Waals surface area contributed by atoms with Crippen LogP contribution in [0.5, 0.6) is 5.75 Å². The number of rotatable bonds is 3. The summed E-state index contributed by atoms with van der Waals surface area (Å²) >= 11 is 0. The number of non-ortho nitro benzene ring substituents is 1. The zero-order valence-corrected chi connectivity index (χ0v) is 11.7. The Balaban J connectivity index is 1.81. The smallest absolute Gasteiger partial charge is 0.273 e. The molecule has 2 fully saturated rings. The summed E-state index contributed by atoms with van der Waals surface area (Å²) in [7, 11) is 0. The molecule has 1 aromatic rings. The maximum Gasteiger partial charge on any atom is 0.273 e. The number of ether oxygens (including phenoxy) is 1. The van der Waals surface area contributed by atoms with E-state index >= 15 is 0 Å². The molecule has 5 nitrogen and oxygen atoms in total. The van der Waals surface area contributed by atoms with Gasteiger partial charge in [-0.25, -0.2) is 0 Å². The third-order valence-electron chi connectivity index (χ3n) is 5.03. The summed E-state index contributed by atoms with van der Waals surface area (Å²) in [4.78, 5) is 10.5. The van der Waals surface area contributed by atoms with Crippen LogP contribution in [0.4, 0.5) is 5.69 Å². The summed E-state index contributed by atoms with van der Waals surface area (Å²) in [5.41, 5.74) is 7.31. The molecule has 0 saturated heterocycles. The fraction of sp³-hybridized carbons (Fsp3) is 0.600. The second-order valence-electron chi connectivity index (χ2n) is 6.10. The van der Waals surface area contributed by atoms with Gasteiger partial charge in [0.1, 0.15) is 11.9 Å². The molecule has 2 N–H and O–H groups in total. The van der Waals surface area contributed by atoms with Crippen molar-refractivity contribution in [2.45, 2.75) is 51.2 Å². The second-order valence-corrected chi connectivity index (χ2v) is 6.10. The van der Waals surface area contributed by atoms with E-state index in [1.165, 1.54) is 25.0 Å². The number of hydrogen-bond donors (Lipinski definition) is 1. The second kappa shape index (κ2) is 4.74. The van der Waals surface area contributed by atoms with E-state index in [-0.39, 0.29) is 28.2 Å². The quantitative estimate of drug-likeness (QED) is 0.680. The first kappa shape index (κ1) is 13.4. The molecule has 3 rings (SSSR count). The van der Waals surface area contributed by atoms with Crippen molar-refractivity contribution in [2.75, 3.05) is 0 Å². The maximum atomic E-state index is 10.9. The first-order valence-corrected chi connectivity index (χ1v) is 7.20. The van der Waals surface area contributed by atoms with E-state index in [0.29, 0.717) is 5.75 Å². The molecule has 0 radical (unpaired) electrons. The van der Waals surface area contributed by atoms with Gasteiger partial charge in [0.25, 0.3) is 5.69 Å². The van der Waals surface area contributed by atoms with E-state index in [1.54, 1.807) is 6.07 Å². The number of aryl methyl sites for hydroxylation is 1. The van der Waals surface area contributed by atoms with Crippen LogP contribution in [0.3, 0.4) is 0 Å². The Morgan fingerprint density at radius 1 is 1.40 bits per heavy atom. The minimum atomic E-state index is -0.385. The summed E-state index contributed by atoms with van der Waals surface area (Å²) in [6.07, 6.45) is 5.62. The van der Waals surface area contributed by atoms with E-state index in [0.717, 1.165) is 24.8 Å². The summed E-state index contributed by atoms with van der Waals surface area (Å²) < 4.78 is 6.10. The van der Waals surface area contributed by atoms with Gasteiger partial charge in [-0.2, -0.15) is 0 Å². The van der Waals surface area contributed by atoms with Crippen molar-refractivity contribution in [2.24, 2.45) is 11.1 Å². The number of nitrogens with zero attached hydrogens (tertiary/aromatic N) is 1. The van der Waals surface area contributed by atoms with Crippen molar-refractivity contribution in [3.63, 3.8) is 0 Å². The molecule has 0 bridgehead atoms. The third kappa shape index (κ3) is 1.97. The first-order valence-electron chi connectivity index (χ1n) is 7.20. The summed E-state index contributed by atoms with van der Waals surface area (Å²) in [6.45, 7) is 1.92. The molecular weight excluding hydrogens is 256 g/mol.